The van der Waals surface area contributed by atoms with Gasteiger partial charge in [0, 0.05) is 7.05 Å². The summed E-state index contributed by atoms with van der Waals surface area (Å²) in [5.74, 6) is 0.0394. The van der Waals surface area contributed by atoms with Gasteiger partial charge in [0.15, 0.2) is 0 Å². The van der Waals surface area contributed by atoms with Crippen molar-refractivity contribution in [3.8, 4) is 0 Å². The quantitative estimate of drug-likeness (QED) is 0.751. The van der Waals surface area contributed by atoms with Gasteiger partial charge >= 0.3 is 0 Å². The van der Waals surface area contributed by atoms with Crippen molar-refractivity contribution in [3.63, 3.8) is 0 Å². The summed E-state index contributed by atoms with van der Waals surface area (Å²) in [5, 5.41) is 3.28. The van der Waals surface area contributed by atoms with Gasteiger partial charge in [0.25, 0.3) is 0 Å². The normalized spacial score (nSPS) is 28.1. The number of amides is 2. The Hall–Kier alpha value is -0.900. The van der Waals surface area contributed by atoms with Crippen LogP contribution < -0.4 is 5.32 Å². The number of piperidine rings is 1. The van der Waals surface area contributed by atoms with Gasteiger partial charge in [0.2, 0.25) is 11.8 Å². The van der Waals surface area contributed by atoms with Crippen molar-refractivity contribution in [3.05, 3.63) is 0 Å². The molecule has 1 unspecified atom stereocenters. The molecule has 0 aliphatic carbocycles. The molecule has 0 radical (unpaired) electrons. The lowest BCUT2D eigenvalue weighted by atomic mass is 9.69. The molecule has 2 aliphatic rings. The minimum absolute atomic E-state index is 0.0466. The van der Waals surface area contributed by atoms with E-state index in [1.54, 1.807) is 7.05 Å². The van der Waals surface area contributed by atoms with Crippen molar-refractivity contribution < 1.29 is 9.59 Å². The number of rotatable bonds is 3. The zero-order valence-corrected chi connectivity index (χ0v) is 10.8. The molecule has 0 bridgehead atoms. The highest BCUT2D eigenvalue weighted by Crippen LogP contribution is 2.46. The van der Waals surface area contributed by atoms with E-state index in [1.807, 2.05) is 0 Å². The van der Waals surface area contributed by atoms with Crippen molar-refractivity contribution in [2.24, 2.45) is 11.3 Å². The van der Waals surface area contributed by atoms with E-state index in [0.717, 1.165) is 45.2 Å². The van der Waals surface area contributed by atoms with Gasteiger partial charge < -0.3 is 5.32 Å². The van der Waals surface area contributed by atoms with E-state index in [9.17, 15) is 9.59 Å². The Morgan fingerprint density at radius 3 is 2.59 bits per heavy atom. The molecule has 0 saturated carbocycles. The van der Waals surface area contributed by atoms with Gasteiger partial charge in [-0.05, 0) is 32.4 Å². The lowest BCUT2D eigenvalue weighted by Gasteiger charge is -2.35. The summed E-state index contributed by atoms with van der Waals surface area (Å²) in [6, 6.07) is 0. The zero-order valence-electron chi connectivity index (χ0n) is 10.8. The predicted molar refractivity (Wildman–Crippen MR) is 65.3 cm³/mol. The average Bonchev–Trinajstić information content (AvgIpc) is 2.52. The largest absolute Gasteiger partial charge is 0.317 e. The van der Waals surface area contributed by atoms with Crippen molar-refractivity contribution in [1.82, 2.24) is 10.2 Å². The Morgan fingerprint density at radius 2 is 2.00 bits per heavy atom. The zero-order chi connectivity index (χ0) is 12.5. The van der Waals surface area contributed by atoms with Gasteiger partial charge in [-0.3, -0.25) is 14.5 Å². The summed E-state index contributed by atoms with van der Waals surface area (Å²) >= 11 is 0. The third kappa shape index (κ3) is 1.88. The molecule has 2 heterocycles. The van der Waals surface area contributed by atoms with Crippen LogP contribution in [0.4, 0.5) is 0 Å². The molecule has 17 heavy (non-hydrogen) atoms. The second-order valence-electron chi connectivity index (χ2n) is 5.30. The summed E-state index contributed by atoms with van der Waals surface area (Å²) in [6.45, 7) is 3.84. The molecular formula is C13H22N2O2. The standard InChI is InChI=1S/C13H22N2O2/c1-3-4-5-10-11(16)15(2)12(17)13(10)6-8-14-9-7-13/h10,14H,3-9H2,1-2H3. The lowest BCUT2D eigenvalue weighted by Crippen LogP contribution is -2.45. The Kier molecular flexibility index (Phi) is 3.52. The van der Waals surface area contributed by atoms with Gasteiger partial charge in [-0.15, -0.1) is 0 Å². The molecule has 2 amide bonds. The van der Waals surface area contributed by atoms with Crippen LogP contribution in [0, 0.1) is 11.3 Å². The summed E-state index contributed by atoms with van der Waals surface area (Å²) in [7, 11) is 1.64. The maximum atomic E-state index is 12.3. The van der Waals surface area contributed by atoms with Crippen molar-refractivity contribution in [1.29, 1.82) is 0 Å². The van der Waals surface area contributed by atoms with E-state index in [4.69, 9.17) is 0 Å². The van der Waals surface area contributed by atoms with Crippen LogP contribution in [-0.2, 0) is 9.59 Å². The minimum atomic E-state index is -0.383. The molecule has 2 rings (SSSR count). The van der Waals surface area contributed by atoms with E-state index in [1.165, 1.54) is 4.90 Å². The lowest BCUT2D eigenvalue weighted by molar-refractivity contribution is -0.140. The predicted octanol–water partition coefficient (Wildman–Crippen LogP) is 1.16. The number of carbonyl (C=O) groups excluding carboxylic acids is 2. The number of carbonyl (C=O) groups is 2. The topological polar surface area (TPSA) is 49.4 Å². The molecule has 1 N–H and O–H groups in total. The maximum absolute atomic E-state index is 12.3. The summed E-state index contributed by atoms with van der Waals surface area (Å²) < 4.78 is 0. The van der Waals surface area contributed by atoms with Crippen LogP contribution in [0.1, 0.15) is 39.0 Å². The van der Waals surface area contributed by atoms with Crippen LogP contribution in [0.3, 0.4) is 0 Å². The molecule has 96 valence electrons. The van der Waals surface area contributed by atoms with Gasteiger partial charge in [0.1, 0.15) is 0 Å². The summed E-state index contributed by atoms with van der Waals surface area (Å²) in [4.78, 5) is 25.9. The van der Waals surface area contributed by atoms with Crippen LogP contribution in [0.2, 0.25) is 0 Å². The number of imide groups is 1. The highest BCUT2D eigenvalue weighted by molar-refractivity contribution is 6.07. The van der Waals surface area contributed by atoms with Crippen molar-refractivity contribution >= 4 is 11.8 Å². The number of nitrogens with one attached hydrogen (secondary N) is 1. The summed E-state index contributed by atoms with van der Waals surface area (Å²) in [6.07, 6.45) is 4.61. The number of nitrogens with zero attached hydrogens (tertiary/aromatic N) is 1. The average molecular weight is 238 g/mol. The van der Waals surface area contributed by atoms with E-state index in [0.29, 0.717) is 0 Å². The van der Waals surface area contributed by atoms with Crippen LogP contribution in [-0.4, -0.2) is 36.9 Å². The first kappa shape index (κ1) is 12.6. The molecule has 1 spiro atoms. The molecule has 4 nitrogen and oxygen atoms in total. The molecule has 1 atom stereocenters. The van der Waals surface area contributed by atoms with Crippen molar-refractivity contribution in [2.45, 2.75) is 39.0 Å². The van der Waals surface area contributed by atoms with E-state index in [2.05, 4.69) is 12.2 Å². The maximum Gasteiger partial charge on any atom is 0.236 e. The van der Waals surface area contributed by atoms with Gasteiger partial charge in [-0.25, -0.2) is 0 Å². The molecule has 2 saturated heterocycles. The number of hydrogen-bond acceptors (Lipinski definition) is 3. The van der Waals surface area contributed by atoms with Gasteiger partial charge in [-0.1, -0.05) is 19.8 Å². The monoisotopic (exact) mass is 238 g/mol. The Bertz CT molecular complexity index is 321. The fourth-order valence-electron chi connectivity index (χ4n) is 3.30. The SMILES string of the molecule is CCCCC1C(=O)N(C)C(=O)C12CCNCC2. The first-order valence-electron chi connectivity index (χ1n) is 6.66. The van der Waals surface area contributed by atoms with Gasteiger partial charge in [-0.2, -0.15) is 0 Å². The third-order valence-electron chi connectivity index (χ3n) is 4.37. The Morgan fingerprint density at radius 1 is 1.35 bits per heavy atom. The Balaban J connectivity index is 2.24. The molecule has 2 fully saturated rings. The second kappa shape index (κ2) is 4.77. The van der Waals surface area contributed by atoms with Crippen LogP contribution in [0.15, 0.2) is 0 Å². The molecule has 0 aromatic rings. The molecule has 2 aliphatic heterocycles. The molecule has 0 aromatic carbocycles. The van der Waals surface area contributed by atoms with Crippen molar-refractivity contribution in [2.75, 3.05) is 20.1 Å². The number of likely N-dealkylation sites (tertiary alicyclic amines) is 1. The molecular weight excluding hydrogens is 216 g/mol. The minimum Gasteiger partial charge on any atom is -0.317 e. The second-order valence-corrected chi connectivity index (χ2v) is 5.30. The molecule has 4 heteroatoms. The first-order chi connectivity index (χ1) is 8.13. The van der Waals surface area contributed by atoms with Gasteiger partial charge in [0.05, 0.1) is 11.3 Å². The van der Waals surface area contributed by atoms with E-state index in [-0.39, 0.29) is 23.1 Å². The van der Waals surface area contributed by atoms with Crippen LogP contribution in [0.5, 0.6) is 0 Å². The highest BCUT2D eigenvalue weighted by Gasteiger charge is 2.57. The van der Waals surface area contributed by atoms with Crippen LogP contribution >= 0.6 is 0 Å². The number of hydrogen-bond donors (Lipinski definition) is 1. The first-order valence-corrected chi connectivity index (χ1v) is 6.66. The summed E-state index contributed by atoms with van der Waals surface area (Å²) in [5.41, 5.74) is -0.383. The fraction of sp³-hybridized carbons (Fsp3) is 0.846. The highest BCUT2D eigenvalue weighted by atomic mass is 16.2. The van der Waals surface area contributed by atoms with E-state index >= 15 is 0 Å². The third-order valence-corrected chi connectivity index (χ3v) is 4.37. The van der Waals surface area contributed by atoms with E-state index < -0.39 is 0 Å². The molecule has 0 aromatic heterocycles. The smallest absolute Gasteiger partial charge is 0.236 e. The Labute approximate surface area is 103 Å². The fourth-order valence-corrected chi connectivity index (χ4v) is 3.30. The number of unbranched alkanes of at least 4 members (excludes halogenated alkanes) is 1. The van der Waals surface area contributed by atoms with Crippen LogP contribution in [0.25, 0.3) is 0 Å².